The lowest BCUT2D eigenvalue weighted by atomic mass is 10.2. The van der Waals surface area contributed by atoms with Crippen LogP contribution in [0.4, 0.5) is 0 Å². The van der Waals surface area contributed by atoms with Crippen LogP contribution < -0.4 is 5.32 Å². The first-order valence-corrected chi connectivity index (χ1v) is 8.94. The topological polar surface area (TPSA) is 29.1 Å². The molecule has 5 heteroatoms. The summed E-state index contributed by atoms with van der Waals surface area (Å²) in [6.07, 6.45) is 3.28. The molecule has 0 radical (unpaired) electrons. The Kier molecular flexibility index (Phi) is 5.38. The molecule has 1 amide bonds. The highest BCUT2D eigenvalue weighted by molar-refractivity contribution is 9.09. The minimum atomic E-state index is 0.101. The summed E-state index contributed by atoms with van der Waals surface area (Å²) in [6.45, 7) is 0.780. The predicted octanol–water partition coefficient (Wildman–Crippen LogP) is 3.44. The van der Waals surface area contributed by atoms with E-state index in [0.29, 0.717) is 0 Å². The van der Waals surface area contributed by atoms with Crippen molar-refractivity contribution in [3.8, 4) is 0 Å². The van der Waals surface area contributed by atoms with Gasteiger partial charge in [-0.1, -0.05) is 15.9 Å². The lowest BCUT2D eigenvalue weighted by Gasteiger charge is -2.08. The molecule has 94 valence electrons. The van der Waals surface area contributed by atoms with Gasteiger partial charge in [0.1, 0.15) is 0 Å². The van der Waals surface area contributed by atoms with Crippen molar-refractivity contribution in [2.75, 3.05) is 17.6 Å². The van der Waals surface area contributed by atoms with Gasteiger partial charge in [-0.15, -0.1) is 11.3 Å². The molecule has 0 spiro atoms. The van der Waals surface area contributed by atoms with E-state index in [9.17, 15) is 4.79 Å². The van der Waals surface area contributed by atoms with E-state index in [1.807, 2.05) is 11.8 Å². The molecule has 2 rings (SSSR count). The second-order valence-electron chi connectivity index (χ2n) is 4.01. The van der Waals surface area contributed by atoms with Crippen LogP contribution in [-0.2, 0) is 12.2 Å². The fraction of sp³-hybridized carbons (Fsp3) is 0.583. The van der Waals surface area contributed by atoms with Gasteiger partial charge in [-0.2, -0.15) is 11.8 Å². The molecule has 0 unspecified atom stereocenters. The summed E-state index contributed by atoms with van der Waals surface area (Å²) in [7, 11) is 0. The normalized spacial score (nSPS) is 14.4. The van der Waals surface area contributed by atoms with Crippen molar-refractivity contribution in [3.05, 3.63) is 21.4 Å². The van der Waals surface area contributed by atoms with Gasteiger partial charge < -0.3 is 5.32 Å². The first kappa shape index (κ1) is 13.4. The summed E-state index contributed by atoms with van der Waals surface area (Å²) in [5, 5.41) is 3.99. The zero-order chi connectivity index (χ0) is 12.1. The zero-order valence-corrected chi connectivity index (χ0v) is 12.8. The van der Waals surface area contributed by atoms with Crippen molar-refractivity contribution >= 4 is 44.9 Å². The number of halogens is 1. The Bertz CT molecular complexity index is 368. The van der Waals surface area contributed by atoms with E-state index < -0.39 is 0 Å². The van der Waals surface area contributed by atoms with E-state index in [1.165, 1.54) is 16.2 Å². The number of aryl methyl sites for hydroxylation is 1. The van der Waals surface area contributed by atoms with E-state index in [2.05, 4.69) is 27.3 Å². The maximum absolute atomic E-state index is 11.9. The van der Waals surface area contributed by atoms with Gasteiger partial charge in [-0.3, -0.25) is 4.79 Å². The van der Waals surface area contributed by atoms with Crippen molar-refractivity contribution in [1.29, 1.82) is 0 Å². The largest absolute Gasteiger partial charge is 0.351 e. The third-order valence-corrected chi connectivity index (χ3v) is 5.50. The molecule has 0 saturated heterocycles. The Labute approximate surface area is 119 Å². The van der Waals surface area contributed by atoms with E-state index >= 15 is 0 Å². The number of carbonyl (C=O) groups excluding carboxylic acids is 1. The molecular weight excluding hydrogens is 318 g/mol. The number of carbonyl (C=O) groups is 1. The molecule has 2 heterocycles. The number of thiophene rings is 1. The van der Waals surface area contributed by atoms with Crippen molar-refractivity contribution in [1.82, 2.24) is 5.32 Å². The highest BCUT2D eigenvalue weighted by Crippen LogP contribution is 2.31. The maximum atomic E-state index is 11.9. The standard InChI is InChI=1S/C12H16BrNOS2/c13-4-1-2-5-14-12(15)11-7-9-8-16-6-3-10(9)17-11/h7H,1-6,8H2,(H,14,15). The van der Waals surface area contributed by atoms with Crippen LogP contribution in [0.25, 0.3) is 0 Å². The van der Waals surface area contributed by atoms with Crippen LogP contribution in [0.15, 0.2) is 6.07 Å². The van der Waals surface area contributed by atoms with Crippen molar-refractivity contribution in [2.45, 2.75) is 25.0 Å². The number of alkyl halides is 1. The zero-order valence-electron chi connectivity index (χ0n) is 9.63. The molecule has 0 atom stereocenters. The number of rotatable bonds is 5. The summed E-state index contributed by atoms with van der Waals surface area (Å²) in [4.78, 5) is 14.2. The number of unbranched alkanes of at least 4 members (excludes halogenated alkanes) is 1. The third-order valence-electron chi connectivity index (χ3n) is 2.70. The molecule has 0 aromatic carbocycles. The molecule has 0 fully saturated rings. The molecule has 0 bridgehead atoms. The fourth-order valence-electron chi connectivity index (χ4n) is 1.77. The molecular formula is C12H16BrNOS2. The van der Waals surface area contributed by atoms with Gasteiger partial charge >= 0.3 is 0 Å². The van der Waals surface area contributed by atoms with Crippen LogP contribution in [0.3, 0.4) is 0 Å². The van der Waals surface area contributed by atoms with Crippen LogP contribution in [0, 0.1) is 0 Å². The Morgan fingerprint density at radius 3 is 3.12 bits per heavy atom. The van der Waals surface area contributed by atoms with E-state index in [1.54, 1.807) is 11.3 Å². The number of nitrogens with one attached hydrogen (secondary N) is 1. The van der Waals surface area contributed by atoms with Gasteiger partial charge in [0, 0.05) is 22.5 Å². The minimum absolute atomic E-state index is 0.101. The van der Waals surface area contributed by atoms with Crippen LogP contribution in [0.1, 0.15) is 33.0 Å². The number of fused-ring (bicyclic) bond motifs is 1. The smallest absolute Gasteiger partial charge is 0.261 e. The summed E-state index contributed by atoms with van der Waals surface area (Å²) < 4.78 is 0. The van der Waals surface area contributed by atoms with Gasteiger partial charge in [0.05, 0.1) is 4.88 Å². The maximum Gasteiger partial charge on any atom is 0.261 e. The van der Waals surface area contributed by atoms with E-state index in [4.69, 9.17) is 0 Å². The fourth-order valence-corrected chi connectivity index (χ4v) is 4.45. The molecule has 17 heavy (non-hydrogen) atoms. The molecule has 1 aliphatic rings. The van der Waals surface area contributed by atoms with E-state index in [0.717, 1.165) is 41.8 Å². The molecule has 2 nitrogen and oxygen atoms in total. The first-order chi connectivity index (χ1) is 8.31. The third kappa shape index (κ3) is 3.73. The average molecular weight is 334 g/mol. The first-order valence-electron chi connectivity index (χ1n) is 5.84. The quantitative estimate of drug-likeness (QED) is 0.660. The van der Waals surface area contributed by atoms with Crippen LogP contribution >= 0.6 is 39.0 Å². The number of hydrogen-bond donors (Lipinski definition) is 1. The Hall–Kier alpha value is -0.000000000000000111. The van der Waals surface area contributed by atoms with Crippen LogP contribution in [0.5, 0.6) is 0 Å². The van der Waals surface area contributed by atoms with E-state index in [-0.39, 0.29) is 5.91 Å². The van der Waals surface area contributed by atoms with Crippen LogP contribution in [0.2, 0.25) is 0 Å². The summed E-state index contributed by atoms with van der Waals surface area (Å²) in [6, 6.07) is 2.08. The predicted molar refractivity (Wildman–Crippen MR) is 79.5 cm³/mol. The Morgan fingerprint density at radius 1 is 1.47 bits per heavy atom. The highest BCUT2D eigenvalue weighted by Gasteiger charge is 2.16. The molecule has 1 aliphatic heterocycles. The lowest BCUT2D eigenvalue weighted by molar-refractivity contribution is 0.0957. The van der Waals surface area contributed by atoms with Crippen LogP contribution in [-0.4, -0.2) is 23.5 Å². The Balaban J connectivity index is 1.88. The van der Waals surface area contributed by atoms with Gasteiger partial charge in [0.25, 0.3) is 5.91 Å². The SMILES string of the molecule is O=C(NCCCCBr)c1cc2c(s1)CCSC2. The molecule has 1 N–H and O–H groups in total. The van der Waals surface area contributed by atoms with Gasteiger partial charge in [0.15, 0.2) is 0 Å². The second-order valence-corrected chi connectivity index (χ2v) is 7.05. The monoisotopic (exact) mass is 333 g/mol. The lowest BCUT2D eigenvalue weighted by Crippen LogP contribution is -2.23. The van der Waals surface area contributed by atoms with Crippen molar-refractivity contribution < 1.29 is 4.79 Å². The number of amides is 1. The molecule has 1 aromatic rings. The van der Waals surface area contributed by atoms with Gasteiger partial charge in [0.2, 0.25) is 0 Å². The number of hydrogen-bond acceptors (Lipinski definition) is 3. The second kappa shape index (κ2) is 6.81. The highest BCUT2D eigenvalue weighted by atomic mass is 79.9. The van der Waals surface area contributed by atoms with Crippen molar-refractivity contribution in [3.63, 3.8) is 0 Å². The number of thioether (sulfide) groups is 1. The van der Waals surface area contributed by atoms with Gasteiger partial charge in [-0.25, -0.2) is 0 Å². The molecule has 1 aromatic heterocycles. The van der Waals surface area contributed by atoms with Crippen molar-refractivity contribution in [2.24, 2.45) is 0 Å². The van der Waals surface area contributed by atoms with Gasteiger partial charge in [-0.05, 0) is 36.6 Å². The summed E-state index contributed by atoms with van der Waals surface area (Å²) in [5.41, 5.74) is 1.37. The summed E-state index contributed by atoms with van der Waals surface area (Å²) in [5.74, 6) is 2.37. The average Bonchev–Trinajstić information content (AvgIpc) is 2.78. The molecule has 0 saturated carbocycles. The molecule has 0 aliphatic carbocycles. The minimum Gasteiger partial charge on any atom is -0.351 e. The Morgan fingerprint density at radius 2 is 2.35 bits per heavy atom. The summed E-state index contributed by atoms with van der Waals surface area (Å²) >= 11 is 7.02.